The summed E-state index contributed by atoms with van der Waals surface area (Å²) >= 11 is 11.7. The summed E-state index contributed by atoms with van der Waals surface area (Å²) in [5.41, 5.74) is 0.193. The van der Waals surface area contributed by atoms with Crippen LogP contribution in [0.4, 0.5) is 32.7 Å². The second-order valence-corrected chi connectivity index (χ2v) is 12.2. The fraction of sp³-hybridized carbons (Fsp3) is 0.0833. The van der Waals surface area contributed by atoms with Crippen LogP contribution in [-0.2, 0) is 9.84 Å². The van der Waals surface area contributed by atoms with Crippen LogP contribution in [0.2, 0.25) is 10.0 Å². The Balaban J connectivity index is 1.35. The first-order valence-corrected chi connectivity index (χ1v) is 15.1. The molecule has 1 unspecified atom stereocenters. The lowest BCUT2D eigenvalue weighted by atomic mass is 10.3. The fourth-order valence-electron chi connectivity index (χ4n) is 4.21. The number of hydrogen-bond donors (Lipinski definition) is 4. The Bertz CT molecular complexity index is 2120. The molecule has 2 aliphatic heterocycles. The number of aromatic nitrogens is 4. The Morgan fingerprint density at radius 2 is 1.31 bits per heavy atom. The Morgan fingerprint density at radius 1 is 0.800 bits per heavy atom. The van der Waals surface area contributed by atoms with Crippen LogP contribution in [0, 0.1) is 0 Å². The second-order valence-electron chi connectivity index (χ2n) is 9.22. The van der Waals surface area contributed by atoms with Crippen LogP contribution in [0.1, 0.15) is 16.8 Å². The third-order valence-corrected chi connectivity index (χ3v) is 7.89. The standard InChI is InChI=1S/C24H16Cl2N12O6S/c1-45(43,44)15(14-19(40)38-20(29-14)35-36-22(38)32-24(42)28-13-8-4-11(26)5-9-13)16-30-18(39)17-33-34-21(37(16)17)31-23(41)27-12-6-2-10(25)3-7-12/h2-9,15,39-40H,1H3,(H,27,41)(H,28,42)/b31-21+,32-22+. The second kappa shape index (κ2) is 11.2. The number of azo groups is 2. The lowest BCUT2D eigenvalue weighted by Gasteiger charge is -2.14. The molecule has 18 nitrogen and oxygen atoms in total. The minimum atomic E-state index is -4.26. The third-order valence-electron chi connectivity index (χ3n) is 6.09. The number of carbonyl (C=O) groups is 2. The van der Waals surface area contributed by atoms with Crippen molar-refractivity contribution in [1.82, 2.24) is 19.1 Å². The highest BCUT2D eigenvalue weighted by Gasteiger charge is 2.41. The first-order valence-electron chi connectivity index (χ1n) is 12.4. The van der Waals surface area contributed by atoms with E-state index in [1.165, 1.54) is 36.4 Å². The van der Waals surface area contributed by atoms with Gasteiger partial charge in [-0.05, 0) is 48.5 Å². The van der Waals surface area contributed by atoms with E-state index in [4.69, 9.17) is 23.2 Å². The summed E-state index contributed by atoms with van der Waals surface area (Å²) < 4.78 is 28.1. The van der Waals surface area contributed by atoms with E-state index in [1.54, 1.807) is 12.1 Å². The number of halogens is 2. The summed E-state index contributed by atoms with van der Waals surface area (Å²) in [5, 5.41) is 40.6. The molecule has 228 valence electrons. The van der Waals surface area contributed by atoms with Crippen LogP contribution in [0.25, 0.3) is 0 Å². The average Bonchev–Trinajstić information content (AvgIpc) is 3.72. The number of aromatic hydroxyl groups is 2. The van der Waals surface area contributed by atoms with Gasteiger partial charge in [0.1, 0.15) is 11.5 Å². The van der Waals surface area contributed by atoms with E-state index in [1.807, 2.05) is 0 Å². The molecular formula is C24H16Cl2N12O6S. The van der Waals surface area contributed by atoms with Gasteiger partial charge in [-0.2, -0.15) is 15.0 Å². The Hall–Kier alpha value is -5.53. The van der Waals surface area contributed by atoms with Crippen molar-refractivity contribution in [2.24, 2.45) is 30.4 Å². The number of fused-ring (bicyclic) bond motifs is 2. The lowest BCUT2D eigenvalue weighted by molar-refractivity contribution is 0.258. The molecule has 0 saturated heterocycles. The molecule has 0 fully saturated rings. The maximum Gasteiger partial charge on any atom is 0.348 e. The highest BCUT2D eigenvalue weighted by molar-refractivity contribution is 7.91. The van der Waals surface area contributed by atoms with Gasteiger partial charge in [-0.1, -0.05) is 23.2 Å². The van der Waals surface area contributed by atoms with Crippen LogP contribution in [0.5, 0.6) is 11.8 Å². The predicted molar refractivity (Wildman–Crippen MR) is 160 cm³/mol. The molecule has 0 bridgehead atoms. The minimum absolute atomic E-state index is 0.308. The van der Waals surface area contributed by atoms with Gasteiger partial charge < -0.3 is 20.8 Å². The number of benzene rings is 2. The molecule has 4 N–H and O–H groups in total. The van der Waals surface area contributed by atoms with Crippen LogP contribution in [0.3, 0.4) is 0 Å². The van der Waals surface area contributed by atoms with Crippen molar-refractivity contribution < 1.29 is 28.2 Å². The molecule has 2 aromatic carbocycles. The van der Waals surface area contributed by atoms with E-state index in [9.17, 15) is 28.2 Å². The highest BCUT2D eigenvalue weighted by Crippen LogP contribution is 2.43. The third kappa shape index (κ3) is 5.73. The van der Waals surface area contributed by atoms with Crippen LogP contribution >= 0.6 is 23.2 Å². The lowest BCUT2D eigenvalue weighted by Crippen LogP contribution is -2.22. The van der Waals surface area contributed by atoms with Gasteiger partial charge in [-0.3, -0.25) is 0 Å². The van der Waals surface area contributed by atoms with Crippen molar-refractivity contribution >= 4 is 80.2 Å². The topological polar surface area (TPSA) is 243 Å². The molecular weight excluding hydrogens is 655 g/mol. The molecule has 0 radical (unpaired) electrons. The molecule has 4 amide bonds. The number of nitrogens with one attached hydrogen (secondary N) is 2. The van der Waals surface area contributed by atoms with E-state index in [2.05, 4.69) is 51.0 Å². The van der Waals surface area contributed by atoms with Gasteiger partial charge in [-0.25, -0.2) is 32.1 Å². The smallest absolute Gasteiger partial charge is 0.348 e. The summed E-state index contributed by atoms with van der Waals surface area (Å²) in [7, 11) is -4.26. The number of hydrogen-bond acceptors (Lipinski definition) is 10. The van der Waals surface area contributed by atoms with Gasteiger partial charge in [0.05, 0.1) is 0 Å². The first-order chi connectivity index (χ1) is 21.4. The van der Waals surface area contributed by atoms with Crippen molar-refractivity contribution in [3.63, 3.8) is 0 Å². The molecule has 2 aliphatic rings. The number of sulfone groups is 1. The summed E-state index contributed by atoms with van der Waals surface area (Å²) in [6.07, 6.45) is 0.823. The van der Waals surface area contributed by atoms with Gasteiger partial charge >= 0.3 is 12.1 Å². The summed E-state index contributed by atoms with van der Waals surface area (Å²) in [4.78, 5) is 40.8. The van der Waals surface area contributed by atoms with Gasteiger partial charge in [0, 0.05) is 27.7 Å². The average molecular weight is 671 g/mol. The number of rotatable bonds is 5. The Kier molecular flexibility index (Phi) is 7.35. The zero-order valence-corrected chi connectivity index (χ0v) is 24.7. The number of imidazole rings is 2. The quantitative estimate of drug-likeness (QED) is 0.224. The number of amides is 4. The molecule has 0 saturated carbocycles. The maximum absolute atomic E-state index is 13.2. The molecule has 21 heteroatoms. The highest BCUT2D eigenvalue weighted by atomic mass is 35.5. The predicted octanol–water partition coefficient (Wildman–Crippen LogP) is 5.00. The zero-order chi connectivity index (χ0) is 32.0. The van der Waals surface area contributed by atoms with Gasteiger partial charge in [0.2, 0.25) is 11.7 Å². The van der Waals surface area contributed by atoms with E-state index in [-0.39, 0.29) is 11.8 Å². The van der Waals surface area contributed by atoms with E-state index in [0.717, 1.165) is 15.4 Å². The van der Waals surface area contributed by atoms with Crippen molar-refractivity contribution in [3.8, 4) is 11.8 Å². The van der Waals surface area contributed by atoms with Gasteiger partial charge in [-0.15, -0.1) is 20.5 Å². The minimum Gasteiger partial charge on any atom is -0.493 e. The number of carbonyl (C=O) groups excluding carboxylic acids is 2. The van der Waals surface area contributed by atoms with Crippen LogP contribution in [-0.4, -0.2) is 68.0 Å². The number of aliphatic imine (C=N–C) groups is 2. The van der Waals surface area contributed by atoms with Crippen molar-refractivity contribution in [2.75, 3.05) is 16.9 Å². The summed E-state index contributed by atoms with van der Waals surface area (Å²) in [5.74, 6) is -3.51. The normalized spacial score (nSPS) is 15.8. The largest absolute Gasteiger partial charge is 0.493 e. The van der Waals surface area contributed by atoms with E-state index in [0.29, 0.717) is 21.4 Å². The molecule has 4 aromatic rings. The Labute approximate surface area is 261 Å². The SMILES string of the molecule is CS(=O)(=O)C(c1nc2n(c1O)/C(=N/C(=O)Nc1ccc(Cl)cc1)N=N2)c1nc(O)c2n1/C(=N/C(=O)Nc1ccc(Cl)cc1)N=N2. The molecule has 1 atom stereocenters. The molecule has 2 aromatic heterocycles. The van der Waals surface area contributed by atoms with Crippen LogP contribution < -0.4 is 10.6 Å². The Morgan fingerprint density at radius 3 is 1.84 bits per heavy atom. The van der Waals surface area contributed by atoms with Gasteiger partial charge in [0.15, 0.2) is 15.1 Å². The number of urea groups is 2. The number of anilines is 2. The van der Waals surface area contributed by atoms with E-state index < -0.39 is 62.3 Å². The van der Waals surface area contributed by atoms with Crippen molar-refractivity contribution in [3.05, 3.63) is 70.1 Å². The number of nitrogens with zero attached hydrogens (tertiary/aromatic N) is 10. The first kappa shape index (κ1) is 29.5. The zero-order valence-electron chi connectivity index (χ0n) is 22.4. The molecule has 6 rings (SSSR count). The fourth-order valence-corrected chi connectivity index (χ4v) is 5.56. The van der Waals surface area contributed by atoms with E-state index >= 15 is 0 Å². The van der Waals surface area contributed by atoms with Crippen LogP contribution in [0.15, 0.2) is 79.0 Å². The van der Waals surface area contributed by atoms with Crippen molar-refractivity contribution in [2.45, 2.75) is 5.25 Å². The molecule has 4 heterocycles. The summed E-state index contributed by atoms with van der Waals surface area (Å²) in [6.45, 7) is 0. The molecule has 0 aliphatic carbocycles. The summed E-state index contributed by atoms with van der Waals surface area (Å²) in [6, 6.07) is 10.5. The maximum atomic E-state index is 13.2. The van der Waals surface area contributed by atoms with Gasteiger partial charge in [0.25, 0.3) is 23.7 Å². The van der Waals surface area contributed by atoms with Crippen molar-refractivity contribution in [1.29, 1.82) is 0 Å². The monoisotopic (exact) mass is 670 g/mol. The molecule has 0 spiro atoms. The molecule has 45 heavy (non-hydrogen) atoms.